The molecule has 0 saturated carbocycles. The molecule has 0 saturated heterocycles. The topological polar surface area (TPSA) is 26.3 Å². The highest BCUT2D eigenvalue weighted by molar-refractivity contribution is 5.74. The number of esters is 1. The number of carbonyl (C=O) groups excluding carboxylic acids is 1. The van der Waals surface area contributed by atoms with Crippen molar-refractivity contribution in [2.24, 2.45) is 17.3 Å². The van der Waals surface area contributed by atoms with E-state index in [9.17, 15) is 4.79 Å². The van der Waals surface area contributed by atoms with E-state index in [-0.39, 0.29) is 17.3 Å². The maximum Gasteiger partial charge on any atom is 0.310 e. The molecule has 25 heavy (non-hydrogen) atoms. The summed E-state index contributed by atoms with van der Waals surface area (Å²) in [5, 5.41) is 0. The molecule has 0 heterocycles. The van der Waals surface area contributed by atoms with E-state index in [4.69, 9.17) is 4.74 Å². The Bertz CT molecular complexity index is 603. The van der Waals surface area contributed by atoms with E-state index in [2.05, 4.69) is 47.8 Å². The van der Waals surface area contributed by atoms with Crippen molar-refractivity contribution in [1.29, 1.82) is 0 Å². The molecule has 0 radical (unpaired) electrons. The number of carbonyl (C=O) groups is 1. The molecule has 0 N–H and O–H groups in total. The van der Waals surface area contributed by atoms with Gasteiger partial charge in [-0.2, -0.15) is 0 Å². The Balaban J connectivity index is 3.19. The molecular weight excluding hydrogens is 308 g/mol. The van der Waals surface area contributed by atoms with Crippen molar-refractivity contribution in [3.8, 4) is 0 Å². The summed E-state index contributed by atoms with van der Waals surface area (Å²) in [7, 11) is 0. The molecule has 136 valence electrons. The Kier molecular flexibility index (Phi) is 7.89. The molecule has 0 spiro atoms. The van der Waals surface area contributed by atoms with Crippen LogP contribution in [0.15, 0.2) is 67.3 Å². The van der Waals surface area contributed by atoms with Crippen LogP contribution in [0.4, 0.5) is 0 Å². The maximum absolute atomic E-state index is 13.0. The number of benzene rings is 1. The molecule has 1 aromatic rings. The van der Waals surface area contributed by atoms with E-state index in [0.717, 1.165) is 17.6 Å². The van der Waals surface area contributed by atoms with Crippen LogP contribution in [0.25, 0.3) is 0 Å². The van der Waals surface area contributed by atoms with Crippen LogP contribution in [0, 0.1) is 17.3 Å². The smallest absolute Gasteiger partial charge is 0.310 e. The molecule has 0 aromatic heterocycles. The third-order valence-corrected chi connectivity index (χ3v) is 4.22. The van der Waals surface area contributed by atoms with Crippen molar-refractivity contribution < 1.29 is 9.53 Å². The second-order valence-corrected chi connectivity index (χ2v) is 7.88. The zero-order valence-electron chi connectivity index (χ0n) is 16.3. The molecule has 2 nitrogen and oxygen atoms in total. The lowest BCUT2D eigenvalue weighted by molar-refractivity contribution is -0.157. The SMILES string of the molecule is C=C/C=C(\C=C)C(OC(=O)C(CC(C)C)C(C)(C)C)c1ccccc1. The van der Waals surface area contributed by atoms with Gasteiger partial charge in [0, 0.05) is 0 Å². The van der Waals surface area contributed by atoms with Gasteiger partial charge in [0.2, 0.25) is 0 Å². The second kappa shape index (κ2) is 9.41. The van der Waals surface area contributed by atoms with Gasteiger partial charge in [-0.1, -0.05) is 96.3 Å². The predicted octanol–water partition coefficient (Wildman–Crippen LogP) is 6.28. The summed E-state index contributed by atoms with van der Waals surface area (Å²) in [6, 6.07) is 9.77. The van der Waals surface area contributed by atoms with Crippen LogP contribution < -0.4 is 0 Å². The van der Waals surface area contributed by atoms with Gasteiger partial charge in [-0.25, -0.2) is 0 Å². The van der Waals surface area contributed by atoms with Crippen molar-refractivity contribution >= 4 is 5.97 Å². The highest BCUT2D eigenvalue weighted by atomic mass is 16.5. The fourth-order valence-electron chi connectivity index (χ4n) is 2.83. The Hall–Kier alpha value is -2.09. The lowest BCUT2D eigenvalue weighted by atomic mass is 9.76. The molecule has 0 aliphatic heterocycles. The highest BCUT2D eigenvalue weighted by Gasteiger charge is 2.35. The average molecular weight is 341 g/mol. The normalized spacial score (nSPS) is 14.7. The van der Waals surface area contributed by atoms with Crippen LogP contribution in [0.2, 0.25) is 0 Å². The second-order valence-electron chi connectivity index (χ2n) is 7.88. The molecular formula is C23H32O2. The minimum Gasteiger partial charge on any atom is -0.452 e. The van der Waals surface area contributed by atoms with Crippen LogP contribution in [-0.2, 0) is 9.53 Å². The monoisotopic (exact) mass is 340 g/mol. The van der Waals surface area contributed by atoms with E-state index in [1.807, 2.05) is 36.4 Å². The third-order valence-electron chi connectivity index (χ3n) is 4.22. The standard InChI is InChI=1S/C23H32O2/c1-8-13-18(9-2)21(19-14-11-10-12-15-19)25-22(24)20(16-17(3)4)23(5,6)7/h8-15,17,20-21H,1-2,16H2,3-7H3/b18-13+. The van der Waals surface area contributed by atoms with Crippen LogP contribution in [0.1, 0.15) is 52.7 Å². The molecule has 2 unspecified atom stereocenters. The number of hydrogen-bond acceptors (Lipinski definition) is 2. The first-order valence-electron chi connectivity index (χ1n) is 8.91. The lowest BCUT2D eigenvalue weighted by Crippen LogP contribution is -2.32. The minimum absolute atomic E-state index is 0.154. The molecule has 0 aliphatic rings. The lowest BCUT2D eigenvalue weighted by Gasteiger charge is -2.32. The van der Waals surface area contributed by atoms with Gasteiger partial charge in [0.1, 0.15) is 0 Å². The van der Waals surface area contributed by atoms with Crippen molar-refractivity contribution in [3.05, 3.63) is 72.9 Å². The third kappa shape index (κ3) is 6.38. The molecule has 1 rings (SSSR count). The Morgan fingerprint density at radius 2 is 1.76 bits per heavy atom. The van der Waals surface area contributed by atoms with Gasteiger partial charge in [0.15, 0.2) is 6.10 Å². The molecule has 0 fully saturated rings. The number of rotatable bonds is 8. The Labute approximate surface area is 153 Å². The van der Waals surface area contributed by atoms with Crippen molar-refractivity contribution in [2.75, 3.05) is 0 Å². The minimum atomic E-state index is -0.471. The Morgan fingerprint density at radius 3 is 2.20 bits per heavy atom. The fourth-order valence-corrected chi connectivity index (χ4v) is 2.83. The number of ether oxygens (including phenoxy) is 1. The van der Waals surface area contributed by atoms with Crippen LogP contribution in [-0.4, -0.2) is 5.97 Å². The molecule has 1 aromatic carbocycles. The van der Waals surface area contributed by atoms with Gasteiger partial charge in [0.05, 0.1) is 5.92 Å². The molecule has 0 aliphatic carbocycles. The summed E-state index contributed by atoms with van der Waals surface area (Å²) in [5.41, 5.74) is 1.60. The van der Waals surface area contributed by atoms with Gasteiger partial charge in [-0.3, -0.25) is 4.79 Å². The Morgan fingerprint density at radius 1 is 1.16 bits per heavy atom. The summed E-state index contributed by atoms with van der Waals surface area (Å²) in [6.45, 7) is 18.2. The predicted molar refractivity (Wildman–Crippen MR) is 106 cm³/mol. The van der Waals surface area contributed by atoms with Crippen LogP contribution >= 0.6 is 0 Å². The van der Waals surface area contributed by atoms with Crippen LogP contribution in [0.3, 0.4) is 0 Å². The molecule has 2 atom stereocenters. The summed E-state index contributed by atoms with van der Waals surface area (Å²) >= 11 is 0. The van der Waals surface area contributed by atoms with Gasteiger partial charge in [-0.15, -0.1) is 0 Å². The van der Waals surface area contributed by atoms with Crippen LogP contribution in [0.5, 0.6) is 0 Å². The molecule has 0 bridgehead atoms. The van der Waals surface area contributed by atoms with Gasteiger partial charge in [0.25, 0.3) is 0 Å². The first-order valence-corrected chi connectivity index (χ1v) is 8.91. The van der Waals surface area contributed by atoms with E-state index in [1.54, 1.807) is 12.2 Å². The summed E-state index contributed by atoms with van der Waals surface area (Å²) in [5.74, 6) is 0.106. The van der Waals surface area contributed by atoms with E-state index < -0.39 is 6.10 Å². The number of hydrogen-bond donors (Lipinski definition) is 0. The van der Waals surface area contributed by atoms with E-state index >= 15 is 0 Å². The first kappa shape index (κ1) is 21.0. The van der Waals surface area contributed by atoms with Gasteiger partial charge in [-0.05, 0) is 28.9 Å². The quantitative estimate of drug-likeness (QED) is 0.411. The highest BCUT2D eigenvalue weighted by Crippen LogP contribution is 2.35. The van der Waals surface area contributed by atoms with E-state index in [0.29, 0.717) is 5.92 Å². The fraction of sp³-hybridized carbons (Fsp3) is 0.435. The molecule has 0 amide bonds. The van der Waals surface area contributed by atoms with Crippen molar-refractivity contribution in [1.82, 2.24) is 0 Å². The first-order chi connectivity index (χ1) is 11.7. The van der Waals surface area contributed by atoms with Crippen molar-refractivity contribution in [3.63, 3.8) is 0 Å². The zero-order chi connectivity index (χ0) is 19.0. The summed E-state index contributed by atoms with van der Waals surface area (Å²) in [4.78, 5) is 13.0. The summed E-state index contributed by atoms with van der Waals surface area (Å²) in [6.07, 6.45) is 5.59. The maximum atomic E-state index is 13.0. The summed E-state index contributed by atoms with van der Waals surface area (Å²) < 4.78 is 6.01. The van der Waals surface area contributed by atoms with Crippen molar-refractivity contribution in [2.45, 2.75) is 47.1 Å². The van der Waals surface area contributed by atoms with E-state index in [1.165, 1.54) is 0 Å². The van der Waals surface area contributed by atoms with Gasteiger partial charge >= 0.3 is 5.97 Å². The molecule has 2 heteroatoms. The largest absolute Gasteiger partial charge is 0.452 e. The number of allylic oxidation sites excluding steroid dienone is 2. The van der Waals surface area contributed by atoms with Gasteiger partial charge < -0.3 is 4.74 Å². The zero-order valence-corrected chi connectivity index (χ0v) is 16.3. The average Bonchev–Trinajstić information content (AvgIpc) is 2.55.